The number of ether oxygens (including phenoxy) is 2. The van der Waals surface area contributed by atoms with E-state index in [0.29, 0.717) is 23.5 Å². The molecule has 2 aromatic rings. The van der Waals surface area contributed by atoms with E-state index in [1.807, 2.05) is 12.1 Å². The Morgan fingerprint density at radius 2 is 1.83 bits per heavy atom. The SMILES string of the molecule is COCC(=O)Nc1cccc(CNC(=O)c2cccc(OC)c2)c1. The summed E-state index contributed by atoms with van der Waals surface area (Å²) < 4.78 is 9.88. The number of methoxy groups -OCH3 is 2. The van der Waals surface area contributed by atoms with E-state index in [4.69, 9.17) is 9.47 Å². The number of rotatable bonds is 7. The van der Waals surface area contributed by atoms with Gasteiger partial charge in [0, 0.05) is 24.9 Å². The molecule has 2 amide bonds. The van der Waals surface area contributed by atoms with E-state index < -0.39 is 0 Å². The number of hydrogen-bond donors (Lipinski definition) is 2. The Morgan fingerprint density at radius 1 is 1.04 bits per heavy atom. The van der Waals surface area contributed by atoms with Crippen LogP contribution in [-0.2, 0) is 16.1 Å². The Balaban J connectivity index is 1.96. The van der Waals surface area contributed by atoms with E-state index in [9.17, 15) is 9.59 Å². The van der Waals surface area contributed by atoms with Crippen LogP contribution >= 0.6 is 0 Å². The summed E-state index contributed by atoms with van der Waals surface area (Å²) in [6.45, 7) is 0.348. The molecular weight excluding hydrogens is 308 g/mol. The van der Waals surface area contributed by atoms with Crippen molar-refractivity contribution in [2.24, 2.45) is 0 Å². The second-order valence-corrected chi connectivity index (χ2v) is 5.10. The highest BCUT2D eigenvalue weighted by atomic mass is 16.5. The maximum Gasteiger partial charge on any atom is 0.251 e. The maximum absolute atomic E-state index is 12.2. The van der Waals surface area contributed by atoms with Crippen LogP contribution in [0.4, 0.5) is 5.69 Å². The standard InChI is InChI=1S/C18H20N2O4/c1-23-12-17(21)20-15-7-3-5-13(9-15)11-19-18(22)14-6-4-8-16(10-14)24-2/h3-10H,11-12H2,1-2H3,(H,19,22)(H,20,21). The van der Waals surface area contributed by atoms with Crippen molar-refractivity contribution in [1.29, 1.82) is 0 Å². The van der Waals surface area contributed by atoms with Crippen LogP contribution in [0.2, 0.25) is 0 Å². The van der Waals surface area contributed by atoms with Crippen LogP contribution < -0.4 is 15.4 Å². The molecule has 6 nitrogen and oxygen atoms in total. The van der Waals surface area contributed by atoms with Crippen molar-refractivity contribution in [2.75, 3.05) is 26.1 Å². The predicted octanol–water partition coefficient (Wildman–Crippen LogP) is 2.21. The summed E-state index contributed by atoms with van der Waals surface area (Å²) in [5.74, 6) is 0.211. The van der Waals surface area contributed by atoms with E-state index in [1.165, 1.54) is 7.11 Å². The van der Waals surface area contributed by atoms with Gasteiger partial charge in [0.25, 0.3) is 5.91 Å². The van der Waals surface area contributed by atoms with Gasteiger partial charge in [-0.05, 0) is 35.9 Å². The van der Waals surface area contributed by atoms with Gasteiger partial charge >= 0.3 is 0 Å². The summed E-state index contributed by atoms with van der Waals surface area (Å²) >= 11 is 0. The van der Waals surface area contributed by atoms with E-state index in [0.717, 1.165) is 5.56 Å². The molecule has 0 aliphatic carbocycles. The Hall–Kier alpha value is -2.86. The van der Waals surface area contributed by atoms with Gasteiger partial charge in [0.05, 0.1) is 7.11 Å². The molecule has 0 spiro atoms. The highest BCUT2D eigenvalue weighted by molar-refractivity contribution is 5.94. The van der Waals surface area contributed by atoms with Gasteiger partial charge in [-0.25, -0.2) is 0 Å². The van der Waals surface area contributed by atoms with Gasteiger partial charge in [0.15, 0.2) is 0 Å². The second kappa shape index (κ2) is 8.69. The molecule has 2 N–H and O–H groups in total. The van der Waals surface area contributed by atoms with Crippen molar-refractivity contribution < 1.29 is 19.1 Å². The summed E-state index contributed by atoms with van der Waals surface area (Å²) in [5.41, 5.74) is 2.06. The van der Waals surface area contributed by atoms with Gasteiger partial charge < -0.3 is 20.1 Å². The van der Waals surface area contributed by atoms with Crippen molar-refractivity contribution in [3.8, 4) is 5.75 Å². The van der Waals surface area contributed by atoms with Crippen LogP contribution in [-0.4, -0.2) is 32.6 Å². The average Bonchev–Trinajstić information content (AvgIpc) is 2.60. The fourth-order valence-corrected chi connectivity index (χ4v) is 2.14. The smallest absolute Gasteiger partial charge is 0.251 e. The molecule has 0 aromatic heterocycles. The highest BCUT2D eigenvalue weighted by Crippen LogP contribution is 2.13. The summed E-state index contributed by atoms with van der Waals surface area (Å²) in [6, 6.07) is 14.2. The molecule has 0 aliphatic heterocycles. The molecule has 0 bridgehead atoms. The quantitative estimate of drug-likeness (QED) is 0.817. The van der Waals surface area contributed by atoms with Crippen LogP contribution in [0.3, 0.4) is 0 Å². The van der Waals surface area contributed by atoms with Crippen LogP contribution in [0.5, 0.6) is 5.75 Å². The van der Waals surface area contributed by atoms with Crippen molar-refractivity contribution in [1.82, 2.24) is 5.32 Å². The van der Waals surface area contributed by atoms with Crippen molar-refractivity contribution >= 4 is 17.5 Å². The highest BCUT2D eigenvalue weighted by Gasteiger charge is 2.07. The molecule has 24 heavy (non-hydrogen) atoms. The van der Waals surface area contributed by atoms with Gasteiger partial charge in [-0.15, -0.1) is 0 Å². The summed E-state index contributed by atoms with van der Waals surface area (Å²) in [5, 5.41) is 5.56. The van der Waals surface area contributed by atoms with Gasteiger partial charge in [-0.2, -0.15) is 0 Å². The topological polar surface area (TPSA) is 76.7 Å². The second-order valence-electron chi connectivity index (χ2n) is 5.10. The first kappa shape index (κ1) is 17.5. The van der Waals surface area contributed by atoms with Crippen LogP contribution in [0.1, 0.15) is 15.9 Å². The fourth-order valence-electron chi connectivity index (χ4n) is 2.14. The normalized spacial score (nSPS) is 10.1. The molecule has 0 atom stereocenters. The van der Waals surface area contributed by atoms with Gasteiger partial charge in [-0.1, -0.05) is 18.2 Å². The minimum Gasteiger partial charge on any atom is -0.497 e. The number of amides is 2. The number of carbonyl (C=O) groups excluding carboxylic acids is 2. The van der Waals surface area contributed by atoms with Gasteiger partial charge in [0.1, 0.15) is 12.4 Å². The molecule has 0 fully saturated rings. The lowest BCUT2D eigenvalue weighted by molar-refractivity contribution is -0.119. The molecule has 0 radical (unpaired) electrons. The lowest BCUT2D eigenvalue weighted by Crippen LogP contribution is -2.23. The monoisotopic (exact) mass is 328 g/mol. The third kappa shape index (κ3) is 5.10. The number of nitrogens with one attached hydrogen (secondary N) is 2. The Labute approximate surface area is 140 Å². The molecule has 126 valence electrons. The lowest BCUT2D eigenvalue weighted by atomic mass is 10.1. The summed E-state index contributed by atoms with van der Waals surface area (Å²) in [6.07, 6.45) is 0. The average molecular weight is 328 g/mol. The molecule has 2 rings (SSSR count). The maximum atomic E-state index is 12.2. The number of hydrogen-bond acceptors (Lipinski definition) is 4. The molecule has 0 unspecified atom stereocenters. The zero-order valence-electron chi connectivity index (χ0n) is 13.7. The van der Waals surface area contributed by atoms with Crippen molar-refractivity contribution in [3.63, 3.8) is 0 Å². The number of anilines is 1. The fraction of sp³-hybridized carbons (Fsp3) is 0.222. The summed E-state index contributed by atoms with van der Waals surface area (Å²) in [4.78, 5) is 23.7. The van der Waals surface area contributed by atoms with E-state index >= 15 is 0 Å². The van der Waals surface area contributed by atoms with Crippen LogP contribution in [0.15, 0.2) is 48.5 Å². The molecule has 0 saturated heterocycles. The number of benzene rings is 2. The Kier molecular flexibility index (Phi) is 6.33. The third-order valence-corrected chi connectivity index (χ3v) is 3.27. The minimum absolute atomic E-state index is 0.00317. The van der Waals surface area contributed by atoms with Gasteiger partial charge in [-0.3, -0.25) is 9.59 Å². The van der Waals surface area contributed by atoms with Gasteiger partial charge in [0.2, 0.25) is 5.91 Å². The first-order valence-electron chi connectivity index (χ1n) is 7.42. The zero-order chi connectivity index (χ0) is 17.4. The predicted molar refractivity (Wildman–Crippen MR) is 91.1 cm³/mol. The summed E-state index contributed by atoms with van der Waals surface area (Å²) in [7, 11) is 3.02. The van der Waals surface area contributed by atoms with Crippen LogP contribution in [0, 0.1) is 0 Å². The molecule has 0 aliphatic rings. The van der Waals surface area contributed by atoms with Crippen molar-refractivity contribution in [3.05, 3.63) is 59.7 Å². The van der Waals surface area contributed by atoms with E-state index in [1.54, 1.807) is 43.5 Å². The molecule has 2 aromatic carbocycles. The van der Waals surface area contributed by atoms with Crippen LogP contribution in [0.25, 0.3) is 0 Å². The first-order valence-corrected chi connectivity index (χ1v) is 7.42. The van der Waals surface area contributed by atoms with E-state index in [2.05, 4.69) is 10.6 Å². The third-order valence-electron chi connectivity index (χ3n) is 3.27. The molecule has 6 heteroatoms. The first-order chi connectivity index (χ1) is 11.6. The van der Waals surface area contributed by atoms with Crippen molar-refractivity contribution in [2.45, 2.75) is 6.54 Å². The Bertz CT molecular complexity index is 716. The molecule has 0 heterocycles. The Morgan fingerprint density at radius 3 is 2.58 bits per heavy atom. The minimum atomic E-state index is -0.227. The molecule has 0 saturated carbocycles. The molecular formula is C18H20N2O4. The number of carbonyl (C=O) groups is 2. The van der Waals surface area contributed by atoms with E-state index in [-0.39, 0.29) is 18.4 Å². The zero-order valence-corrected chi connectivity index (χ0v) is 13.7. The largest absolute Gasteiger partial charge is 0.497 e. The lowest BCUT2D eigenvalue weighted by Gasteiger charge is -2.09.